The van der Waals surface area contributed by atoms with Gasteiger partial charge in [0.1, 0.15) is 12.7 Å². The number of carbonyl (C=O) groups excluding carboxylic acids is 1. The molecule has 0 radical (unpaired) electrons. The Morgan fingerprint density at radius 1 is 0.763 bits per heavy atom. The number of benzene rings is 4. The number of hydrogen-bond acceptors (Lipinski definition) is 3. The molecule has 194 valence electrons. The van der Waals surface area contributed by atoms with Crippen molar-refractivity contribution in [3.05, 3.63) is 131 Å². The molecule has 1 amide bonds. The number of amides is 1. The maximum Gasteiger partial charge on any atom is 0.407 e. The maximum atomic E-state index is 13.1. The lowest BCUT2D eigenvalue weighted by molar-refractivity contribution is 0.0472. The summed E-state index contributed by atoms with van der Waals surface area (Å²) < 4.78 is 12.3. The molecule has 0 aromatic heterocycles. The molecule has 0 aliphatic heterocycles. The van der Waals surface area contributed by atoms with Crippen molar-refractivity contribution in [3.8, 4) is 11.1 Å². The molecule has 38 heavy (non-hydrogen) atoms. The van der Waals surface area contributed by atoms with E-state index >= 15 is 0 Å². The van der Waals surface area contributed by atoms with Gasteiger partial charge in [-0.05, 0) is 39.3 Å². The van der Waals surface area contributed by atoms with E-state index in [1.165, 1.54) is 22.3 Å². The third-order valence-electron chi connectivity index (χ3n) is 7.62. The van der Waals surface area contributed by atoms with Gasteiger partial charge in [0.05, 0.1) is 12.6 Å². The van der Waals surface area contributed by atoms with Crippen LogP contribution in [-0.4, -0.2) is 25.3 Å². The molecule has 4 nitrogen and oxygen atoms in total. The first-order valence-corrected chi connectivity index (χ1v) is 13.5. The number of fused-ring (bicyclic) bond motifs is 3. The average Bonchev–Trinajstić information content (AvgIpc) is 3.30. The summed E-state index contributed by atoms with van der Waals surface area (Å²) in [6, 6.07) is 37.0. The van der Waals surface area contributed by atoms with Gasteiger partial charge in [-0.2, -0.15) is 0 Å². The quantitative estimate of drug-likeness (QED) is 0.240. The van der Waals surface area contributed by atoms with E-state index < -0.39 is 6.09 Å². The Morgan fingerprint density at radius 2 is 1.26 bits per heavy atom. The first-order chi connectivity index (χ1) is 18.7. The zero-order valence-electron chi connectivity index (χ0n) is 22.0. The first-order valence-electron chi connectivity index (χ1n) is 13.5. The number of rotatable bonds is 10. The Kier molecular flexibility index (Phi) is 8.20. The van der Waals surface area contributed by atoms with Crippen molar-refractivity contribution in [2.45, 2.75) is 38.3 Å². The predicted molar refractivity (Wildman–Crippen MR) is 152 cm³/mol. The minimum absolute atomic E-state index is 0.0343. The summed E-state index contributed by atoms with van der Waals surface area (Å²) in [4.78, 5) is 13.1. The number of alkyl carbamates (subject to hydrolysis) is 1. The van der Waals surface area contributed by atoms with Gasteiger partial charge in [0.15, 0.2) is 0 Å². The summed E-state index contributed by atoms with van der Waals surface area (Å²) >= 11 is 0. The van der Waals surface area contributed by atoms with Gasteiger partial charge in [-0.25, -0.2) is 4.79 Å². The molecule has 1 aliphatic rings. The van der Waals surface area contributed by atoms with Crippen LogP contribution in [0.15, 0.2) is 109 Å². The van der Waals surface area contributed by atoms with Crippen molar-refractivity contribution in [1.82, 2.24) is 5.32 Å². The van der Waals surface area contributed by atoms with Crippen LogP contribution in [0.25, 0.3) is 11.1 Å². The Hall–Kier alpha value is -3.89. The van der Waals surface area contributed by atoms with E-state index in [0.717, 1.165) is 17.5 Å². The van der Waals surface area contributed by atoms with Crippen LogP contribution in [0.1, 0.15) is 54.5 Å². The highest BCUT2D eigenvalue weighted by molar-refractivity contribution is 5.79. The molecule has 0 bridgehead atoms. The third kappa shape index (κ3) is 5.66. The van der Waals surface area contributed by atoms with Crippen molar-refractivity contribution >= 4 is 6.09 Å². The molecule has 0 saturated heterocycles. The van der Waals surface area contributed by atoms with Gasteiger partial charge in [0, 0.05) is 5.92 Å². The molecule has 0 saturated carbocycles. The largest absolute Gasteiger partial charge is 0.449 e. The van der Waals surface area contributed by atoms with Crippen molar-refractivity contribution in [1.29, 1.82) is 0 Å². The SMILES string of the molecule is CCC(C)[C@@H](COC(c1ccccc1)c1ccccc1)NC(=O)OCC1c2ccccc2-c2ccccc21. The fraction of sp³-hybridized carbons (Fsp3) is 0.265. The predicted octanol–water partition coefficient (Wildman–Crippen LogP) is 7.75. The van der Waals surface area contributed by atoms with Crippen LogP contribution in [0, 0.1) is 5.92 Å². The van der Waals surface area contributed by atoms with Gasteiger partial charge in [-0.1, -0.05) is 129 Å². The molecule has 4 aromatic rings. The van der Waals surface area contributed by atoms with Gasteiger partial charge < -0.3 is 14.8 Å². The molecule has 1 unspecified atom stereocenters. The first kappa shape index (κ1) is 25.7. The fourth-order valence-electron chi connectivity index (χ4n) is 5.26. The van der Waals surface area contributed by atoms with E-state index in [9.17, 15) is 4.79 Å². The van der Waals surface area contributed by atoms with Crippen LogP contribution < -0.4 is 5.32 Å². The van der Waals surface area contributed by atoms with Crippen LogP contribution in [-0.2, 0) is 9.47 Å². The van der Waals surface area contributed by atoms with Gasteiger partial charge in [-0.3, -0.25) is 0 Å². The Morgan fingerprint density at radius 3 is 1.79 bits per heavy atom. The monoisotopic (exact) mass is 505 g/mol. The minimum atomic E-state index is -0.406. The topological polar surface area (TPSA) is 47.6 Å². The highest BCUT2D eigenvalue weighted by Gasteiger charge is 2.30. The zero-order chi connectivity index (χ0) is 26.3. The van der Waals surface area contributed by atoms with E-state index in [1.54, 1.807) is 0 Å². The van der Waals surface area contributed by atoms with E-state index in [-0.39, 0.29) is 24.0 Å². The van der Waals surface area contributed by atoms with Crippen molar-refractivity contribution < 1.29 is 14.3 Å². The summed E-state index contributed by atoms with van der Waals surface area (Å²) in [5, 5.41) is 3.11. The van der Waals surface area contributed by atoms with E-state index in [1.807, 2.05) is 48.5 Å². The Labute approximate surface area is 225 Å². The second-order valence-electron chi connectivity index (χ2n) is 10.00. The van der Waals surface area contributed by atoms with Gasteiger partial charge in [0.25, 0.3) is 0 Å². The molecule has 0 fully saturated rings. The Balaban J connectivity index is 1.26. The molecule has 5 rings (SSSR count). The third-order valence-corrected chi connectivity index (χ3v) is 7.62. The zero-order valence-corrected chi connectivity index (χ0v) is 22.0. The van der Waals surface area contributed by atoms with Crippen LogP contribution in [0.2, 0.25) is 0 Å². The number of ether oxygens (including phenoxy) is 2. The molecule has 0 heterocycles. The minimum Gasteiger partial charge on any atom is -0.449 e. The fourth-order valence-corrected chi connectivity index (χ4v) is 5.26. The summed E-state index contributed by atoms with van der Waals surface area (Å²) in [5.41, 5.74) is 7.02. The standard InChI is InChI=1S/C34H35NO3/c1-3-24(2)32(23-37-33(25-14-6-4-7-15-25)26-16-8-5-9-17-26)35-34(36)38-22-31-29-20-12-10-18-27(29)28-19-11-13-21-30(28)31/h4-21,24,31-33H,3,22-23H2,1-2H3,(H,35,36)/t24?,32-/m1/s1. The number of hydrogen-bond donors (Lipinski definition) is 1. The molecular weight excluding hydrogens is 470 g/mol. The van der Waals surface area contributed by atoms with Gasteiger partial charge in [0.2, 0.25) is 0 Å². The highest BCUT2D eigenvalue weighted by Crippen LogP contribution is 2.44. The van der Waals surface area contributed by atoms with Crippen molar-refractivity contribution in [2.75, 3.05) is 13.2 Å². The average molecular weight is 506 g/mol. The van der Waals surface area contributed by atoms with E-state index in [4.69, 9.17) is 9.47 Å². The lowest BCUT2D eigenvalue weighted by Crippen LogP contribution is -2.43. The highest BCUT2D eigenvalue weighted by atomic mass is 16.5. The smallest absolute Gasteiger partial charge is 0.407 e. The second-order valence-corrected chi connectivity index (χ2v) is 10.00. The maximum absolute atomic E-state index is 13.1. The summed E-state index contributed by atoms with van der Waals surface area (Å²) in [6.07, 6.45) is 0.295. The van der Waals surface area contributed by atoms with E-state index in [2.05, 4.69) is 79.8 Å². The number of carbonyl (C=O) groups is 1. The van der Waals surface area contributed by atoms with Gasteiger partial charge in [-0.15, -0.1) is 0 Å². The normalized spacial score (nSPS) is 14.0. The van der Waals surface area contributed by atoms with Crippen LogP contribution in [0.5, 0.6) is 0 Å². The van der Waals surface area contributed by atoms with Crippen LogP contribution >= 0.6 is 0 Å². The molecule has 1 aliphatic carbocycles. The van der Waals surface area contributed by atoms with E-state index in [0.29, 0.717) is 13.2 Å². The second kappa shape index (κ2) is 12.1. The molecule has 1 N–H and O–H groups in total. The summed E-state index contributed by atoms with van der Waals surface area (Å²) in [6.45, 7) is 4.94. The summed E-state index contributed by atoms with van der Waals surface area (Å²) in [5.74, 6) is 0.259. The summed E-state index contributed by atoms with van der Waals surface area (Å²) in [7, 11) is 0. The molecule has 4 heteroatoms. The number of nitrogens with one attached hydrogen (secondary N) is 1. The van der Waals surface area contributed by atoms with Crippen LogP contribution in [0.3, 0.4) is 0 Å². The lowest BCUT2D eigenvalue weighted by Gasteiger charge is -2.27. The lowest BCUT2D eigenvalue weighted by atomic mass is 9.98. The molecule has 0 spiro atoms. The van der Waals surface area contributed by atoms with Crippen molar-refractivity contribution in [3.63, 3.8) is 0 Å². The molecule has 4 aromatic carbocycles. The van der Waals surface area contributed by atoms with Crippen LogP contribution in [0.4, 0.5) is 4.79 Å². The van der Waals surface area contributed by atoms with Gasteiger partial charge >= 0.3 is 6.09 Å². The molecular formula is C34H35NO3. The molecule has 2 atom stereocenters. The Bertz CT molecular complexity index is 1250. The van der Waals surface area contributed by atoms with Crippen molar-refractivity contribution in [2.24, 2.45) is 5.92 Å².